The minimum absolute atomic E-state index is 0.110. The third kappa shape index (κ3) is 14.1. The van der Waals surface area contributed by atoms with Crippen molar-refractivity contribution in [3.05, 3.63) is 180 Å². The van der Waals surface area contributed by atoms with E-state index in [4.69, 9.17) is 9.47 Å². The number of carbonyl (C=O) groups is 3. The summed E-state index contributed by atoms with van der Waals surface area (Å²) in [6.45, 7) is 0.523. The lowest BCUT2D eigenvalue weighted by Crippen LogP contribution is -2.51. The number of ether oxygens (including phenoxy) is 2. The Morgan fingerprint density at radius 1 is 0.656 bits per heavy atom. The van der Waals surface area contributed by atoms with Crippen molar-refractivity contribution in [2.75, 3.05) is 13.7 Å². The third-order valence-electron chi connectivity index (χ3n) is 11.3. The molecule has 5 aromatic carbocycles. The van der Waals surface area contributed by atoms with Crippen molar-refractivity contribution >= 4 is 34.8 Å². The molecule has 0 saturated heterocycles. The first-order valence-electron chi connectivity index (χ1n) is 21.7. The molecule has 8 heteroatoms. The molecule has 0 bridgehead atoms. The molecule has 8 nitrogen and oxygen atoms in total. The van der Waals surface area contributed by atoms with Crippen molar-refractivity contribution in [3.63, 3.8) is 0 Å². The van der Waals surface area contributed by atoms with Gasteiger partial charge in [-0.3, -0.25) is 14.4 Å². The summed E-state index contributed by atoms with van der Waals surface area (Å²) in [5, 5.41) is 7.23. The lowest BCUT2D eigenvalue weighted by molar-refractivity contribution is -0.155. The van der Waals surface area contributed by atoms with Crippen LogP contribution in [0.5, 0.6) is 5.75 Å². The first-order chi connectivity index (χ1) is 30.0. The number of para-hydroxylation sites is 1. The second-order valence-corrected chi connectivity index (χ2v) is 15.7. The van der Waals surface area contributed by atoms with Gasteiger partial charge < -0.3 is 25.1 Å². The van der Waals surface area contributed by atoms with Crippen molar-refractivity contribution in [2.45, 2.75) is 76.9 Å². The van der Waals surface area contributed by atoms with Gasteiger partial charge in [-0.1, -0.05) is 159 Å². The molecule has 3 atom stereocenters. The van der Waals surface area contributed by atoms with E-state index in [9.17, 15) is 14.4 Å². The zero-order valence-electron chi connectivity index (χ0n) is 35.3. The maximum Gasteiger partial charge on any atom is 0.310 e. The molecule has 6 aromatic rings. The minimum atomic E-state index is -0.888. The molecule has 0 saturated carbocycles. The molecule has 0 spiro atoms. The Labute approximate surface area is 360 Å². The van der Waals surface area contributed by atoms with Crippen LogP contribution in [0.2, 0.25) is 0 Å². The Kier molecular flexibility index (Phi) is 17.4. The molecule has 1 aromatic heterocycles. The molecule has 6 rings (SSSR count). The van der Waals surface area contributed by atoms with Gasteiger partial charge in [0.1, 0.15) is 18.4 Å². The van der Waals surface area contributed by atoms with E-state index < -0.39 is 23.8 Å². The zero-order chi connectivity index (χ0) is 42.5. The van der Waals surface area contributed by atoms with E-state index in [1.54, 1.807) is 7.11 Å². The number of H-pyrrole nitrogens is 1. The molecule has 0 aliphatic carbocycles. The fraction of sp³-hybridized carbons (Fsp3) is 0.302. The Bertz CT molecular complexity index is 2250. The van der Waals surface area contributed by atoms with Gasteiger partial charge in [-0.2, -0.15) is 0 Å². The van der Waals surface area contributed by atoms with E-state index in [0.29, 0.717) is 19.4 Å². The summed E-state index contributed by atoms with van der Waals surface area (Å²) in [6.07, 6.45) is 13.4. The summed E-state index contributed by atoms with van der Waals surface area (Å²) < 4.78 is 11.3. The zero-order valence-corrected chi connectivity index (χ0v) is 35.3. The van der Waals surface area contributed by atoms with Crippen LogP contribution in [0.25, 0.3) is 17.0 Å². The van der Waals surface area contributed by atoms with Gasteiger partial charge in [-0.05, 0) is 78.1 Å². The number of aromatic nitrogens is 1. The fourth-order valence-corrected chi connectivity index (χ4v) is 7.81. The van der Waals surface area contributed by atoms with Gasteiger partial charge in [0.05, 0.1) is 18.9 Å². The number of unbranched alkanes of at least 4 members (excludes halogenated alkanes) is 4. The highest BCUT2D eigenvalue weighted by atomic mass is 16.5. The van der Waals surface area contributed by atoms with Gasteiger partial charge in [-0.25, -0.2) is 0 Å². The number of aromatic amines is 1. The van der Waals surface area contributed by atoms with E-state index in [0.717, 1.165) is 77.4 Å². The molecule has 0 aliphatic heterocycles. The van der Waals surface area contributed by atoms with Gasteiger partial charge in [0.2, 0.25) is 11.8 Å². The van der Waals surface area contributed by atoms with Gasteiger partial charge in [0.25, 0.3) is 0 Å². The average Bonchev–Trinajstić information content (AvgIpc) is 3.71. The number of methoxy groups -OCH3 is 1. The number of rotatable bonds is 24. The number of amides is 2. The van der Waals surface area contributed by atoms with Crippen LogP contribution in [-0.4, -0.2) is 42.5 Å². The van der Waals surface area contributed by atoms with Crippen molar-refractivity contribution in [3.8, 4) is 5.75 Å². The number of allylic oxidation sites excluding steroid dienone is 1. The predicted octanol–water partition coefficient (Wildman–Crippen LogP) is 10.2. The molecule has 316 valence electrons. The minimum Gasteiger partial charge on any atom is -0.497 e. The molecule has 61 heavy (non-hydrogen) atoms. The molecule has 3 N–H and O–H groups in total. The monoisotopic (exact) mass is 817 g/mol. The summed E-state index contributed by atoms with van der Waals surface area (Å²) >= 11 is 0. The number of nitrogens with one attached hydrogen (secondary N) is 3. The highest BCUT2D eigenvalue weighted by molar-refractivity contribution is 5.92. The first-order valence-corrected chi connectivity index (χ1v) is 21.7. The first kappa shape index (κ1) is 44.2. The highest BCUT2D eigenvalue weighted by Gasteiger charge is 2.36. The van der Waals surface area contributed by atoms with Crippen molar-refractivity contribution in [1.82, 2.24) is 15.6 Å². The second kappa shape index (κ2) is 24.0. The van der Waals surface area contributed by atoms with Crippen LogP contribution in [0.4, 0.5) is 0 Å². The smallest absolute Gasteiger partial charge is 0.310 e. The summed E-state index contributed by atoms with van der Waals surface area (Å²) in [5.41, 5.74) is 6.13. The van der Waals surface area contributed by atoms with Gasteiger partial charge in [0.15, 0.2) is 0 Å². The Hall–Kier alpha value is -6.41. The molecule has 0 aliphatic rings. The summed E-state index contributed by atoms with van der Waals surface area (Å²) in [7, 11) is 1.63. The van der Waals surface area contributed by atoms with Crippen molar-refractivity contribution in [1.29, 1.82) is 0 Å². The van der Waals surface area contributed by atoms with Crippen LogP contribution in [-0.2, 0) is 45.0 Å². The standard InChI is InChI=1S/C53H59N3O5/c1-60-45-33-31-42(32-34-45)26-18-29-47(48(53(59)61-39-43-24-13-7-14-25-43)28-15-4-2-3-8-19-40-20-9-5-10-21-40)51(57)56-50(37-44-38-55-49-30-17-16-27-46(44)49)52(58)54-36-35-41-22-11-6-12-23-41/h5-7,9-14,16-18,20-27,30-34,38,47-48,50,55H,2-4,8,15,19,28-29,35-37,39H2,1H3,(H,54,58)(H,56,57)/b26-18+/t47-,48+,50+/m1/s1. The molecular formula is C53H59N3O5. The topological polar surface area (TPSA) is 110 Å². The normalized spacial score (nSPS) is 12.7. The van der Waals surface area contributed by atoms with E-state index in [-0.39, 0.29) is 31.3 Å². The quantitative estimate of drug-likeness (QED) is 0.0416. The molecule has 1 heterocycles. The number of fused-ring (bicyclic) bond motifs is 1. The Balaban J connectivity index is 1.22. The van der Waals surface area contributed by atoms with Crippen LogP contribution in [0.15, 0.2) is 152 Å². The second-order valence-electron chi connectivity index (χ2n) is 15.7. The van der Waals surface area contributed by atoms with Crippen LogP contribution >= 0.6 is 0 Å². The lowest BCUT2D eigenvalue weighted by Gasteiger charge is -2.27. The van der Waals surface area contributed by atoms with Gasteiger partial charge in [0, 0.05) is 30.1 Å². The summed E-state index contributed by atoms with van der Waals surface area (Å²) in [5.74, 6) is -1.82. The van der Waals surface area contributed by atoms with Crippen LogP contribution < -0.4 is 15.4 Å². The number of carbonyl (C=O) groups excluding carboxylic acids is 3. The average molecular weight is 818 g/mol. The van der Waals surface area contributed by atoms with Gasteiger partial charge in [-0.15, -0.1) is 0 Å². The lowest BCUT2D eigenvalue weighted by atomic mass is 9.83. The number of aryl methyl sites for hydroxylation is 1. The number of benzene rings is 5. The third-order valence-corrected chi connectivity index (χ3v) is 11.3. The summed E-state index contributed by atoms with van der Waals surface area (Å²) in [6, 6.07) is 44.8. The molecular weight excluding hydrogens is 759 g/mol. The fourth-order valence-electron chi connectivity index (χ4n) is 7.81. The number of esters is 1. The molecule has 2 amide bonds. The van der Waals surface area contributed by atoms with E-state index in [1.165, 1.54) is 5.56 Å². The maximum atomic E-state index is 14.8. The van der Waals surface area contributed by atoms with Crippen LogP contribution in [0.3, 0.4) is 0 Å². The Morgan fingerprint density at radius 3 is 1.98 bits per heavy atom. The van der Waals surface area contributed by atoms with E-state index >= 15 is 0 Å². The maximum absolute atomic E-state index is 14.8. The largest absolute Gasteiger partial charge is 0.497 e. The predicted molar refractivity (Wildman–Crippen MR) is 245 cm³/mol. The van der Waals surface area contributed by atoms with E-state index in [2.05, 4.69) is 39.9 Å². The van der Waals surface area contributed by atoms with E-state index in [1.807, 2.05) is 134 Å². The number of hydrogen-bond donors (Lipinski definition) is 3. The van der Waals surface area contributed by atoms with Crippen LogP contribution in [0, 0.1) is 11.8 Å². The van der Waals surface area contributed by atoms with Gasteiger partial charge >= 0.3 is 5.97 Å². The number of hydrogen-bond acceptors (Lipinski definition) is 5. The molecule has 0 radical (unpaired) electrons. The highest BCUT2D eigenvalue weighted by Crippen LogP contribution is 2.28. The molecule has 0 fully saturated rings. The van der Waals surface area contributed by atoms with Crippen molar-refractivity contribution < 1.29 is 23.9 Å². The Morgan fingerprint density at radius 2 is 1.28 bits per heavy atom. The van der Waals surface area contributed by atoms with Crippen molar-refractivity contribution in [2.24, 2.45) is 11.8 Å². The molecule has 0 unspecified atom stereocenters. The summed E-state index contributed by atoms with van der Waals surface area (Å²) in [4.78, 5) is 46.5. The SMILES string of the molecule is COc1ccc(/C=C/C[C@@H](C(=O)N[C@@H](Cc2c[nH]c3ccccc23)C(=O)NCCc2ccccc2)[C@H](CCCCCCCc2ccccc2)C(=O)OCc2ccccc2)cc1. The van der Waals surface area contributed by atoms with Crippen LogP contribution in [0.1, 0.15) is 72.8 Å².